The van der Waals surface area contributed by atoms with Crippen LogP contribution in [0.4, 0.5) is 10.6 Å². The normalized spacial score (nSPS) is 30.4. The smallest absolute Gasteiger partial charge is 0.407 e. The van der Waals surface area contributed by atoms with E-state index in [9.17, 15) is 25.4 Å². The first-order valence-corrected chi connectivity index (χ1v) is 10.2. The summed E-state index contributed by atoms with van der Waals surface area (Å²) in [5, 5.41) is 47.1. The van der Waals surface area contributed by atoms with Gasteiger partial charge in [-0.3, -0.25) is 4.90 Å². The van der Waals surface area contributed by atoms with Gasteiger partial charge in [0.15, 0.2) is 5.82 Å². The lowest BCUT2D eigenvalue weighted by Crippen LogP contribution is -2.41. The standard InChI is InChI=1S/C19H25N7O6/c20-9-19(14-2-1-12-17(21)23-10-24-26(12)14)16(29)15(28)13(32-19)8-31-18(30)22-4-6-25-5-3-11(27)7-25/h1-2,10-11,13,15-16,27-29H,3-8H2,(H,22,30)(H2,21,23,24)/t11?,13-,15-,16-,19+/m1/s1. The summed E-state index contributed by atoms with van der Waals surface area (Å²) in [5.74, 6) is 0.173. The Morgan fingerprint density at radius 1 is 1.44 bits per heavy atom. The van der Waals surface area contributed by atoms with Crippen molar-refractivity contribution in [3.63, 3.8) is 0 Å². The van der Waals surface area contributed by atoms with Crippen molar-refractivity contribution in [2.45, 2.75) is 36.4 Å². The Bertz CT molecular complexity index is 1030. The lowest BCUT2D eigenvalue weighted by molar-refractivity contribution is -0.0659. The van der Waals surface area contributed by atoms with Gasteiger partial charge < -0.3 is 35.8 Å². The predicted molar refractivity (Wildman–Crippen MR) is 108 cm³/mol. The summed E-state index contributed by atoms with van der Waals surface area (Å²) < 4.78 is 12.2. The molecule has 2 fully saturated rings. The van der Waals surface area contributed by atoms with E-state index in [2.05, 4.69) is 15.4 Å². The number of fused-ring (bicyclic) bond motifs is 1. The second-order valence-corrected chi connectivity index (χ2v) is 7.87. The number of nitrogens with zero attached hydrogens (tertiary/aromatic N) is 5. The van der Waals surface area contributed by atoms with Crippen molar-refractivity contribution >= 4 is 17.4 Å². The zero-order chi connectivity index (χ0) is 22.9. The van der Waals surface area contributed by atoms with Crippen molar-refractivity contribution < 1.29 is 29.6 Å². The topological polar surface area (TPSA) is 191 Å². The maximum atomic E-state index is 12.0. The number of nitrogens with two attached hydrogens (primary N) is 1. The summed E-state index contributed by atoms with van der Waals surface area (Å²) >= 11 is 0. The average Bonchev–Trinajstić information content (AvgIpc) is 3.46. The molecular weight excluding hydrogens is 422 g/mol. The number of ether oxygens (including phenoxy) is 2. The van der Waals surface area contributed by atoms with Crippen molar-refractivity contribution in [1.29, 1.82) is 5.26 Å². The number of carbonyl (C=O) groups is 1. The van der Waals surface area contributed by atoms with Crippen LogP contribution in [0, 0.1) is 11.3 Å². The third-order valence-electron chi connectivity index (χ3n) is 5.81. The molecule has 0 radical (unpaired) electrons. The van der Waals surface area contributed by atoms with Crippen LogP contribution in [0.3, 0.4) is 0 Å². The predicted octanol–water partition coefficient (Wildman–Crippen LogP) is -2.06. The Morgan fingerprint density at radius 3 is 2.97 bits per heavy atom. The van der Waals surface area contributed by atoms with Gasteiger partial charge in [-0.25, -0.2) is 14.3 Å². The van der Waals surface area contributed by atoms with E-state index in [1.807, 2.05) is 11.0 Å². The molecule has 0 spiro atoms. The number of hydrogen-bond donors (Lipinski definition) is 5. The highest BCUT2D eigenvalue weighted by molar-refractivity contribution is 5.67. The second-order valence-electron chi connectivity index (χ2n) is 7.87. The highest BCUT2D eigenvalue weighted by Gasteiger charge is 2.57. The number of nitrogens with one attached hydrogen (secondary N) is 1. The molecule has 4 heterocycles. The number of aromatic nitrogens is 3. The van der Waals surface area contributed by atoms with Crippen LogP contribution in [-0.2, 0) is 15.1 Å². The number of nitrogen functional groups attached to an aromatic ring is 1. The summed E-state index contributed by atoms with van der Waals surface area (Å²) in [4.78, 5) is 17.9. The number of β-amino-alcohol motifs (C(OH)–C–C–N with tert-alkyl or cyclic N) is 1. The zero-order valence-corrected chi connectivity index (χ0v) is 17.2. The minimum absolute atomic E-state index is 0.162. The van der Waals surface area contributed by atoms with Gasteiger partial charge in [0.25, 0.3) is 0 Å². The molecule has 32 heavy (non-hydrogen) atoms. The largest absolute Gasteiger partial charge is 0.447 e. The van der Waals surface area contributed by atoms with E-state index in [1.165, 1.54) is 16.9 Å². The number of alkyl carbamates (subject to hydrolysis) is 1. The quantitative estimate of drug-likeness (QED) is 0.327. The van der Waals surface area contributed by atoms with Crippen molar-refractivity contribution in [1.82, 2.24) is 24.8 Å². The molecule has 6 N–H and O–H groups in total. The first-order valence-electron chi connectivity index (χ1n) is 10.2. The molecule has 2 aromatic rings. The van der Waals surface area contributed by atoms with E-state index in [4.69, 9.17) is 15.2 Å². The van der Waals surface area contributed by atoms with E-state index >= 15 is 0 Å². The van der Waals surface area contributed by atoms with Gasteiger partial charge in [0.05, 0.1) is 11.8 Å². The number of carbonyl (C=O) groups excluding carboxylic acids is 1. The van der Waals surface area contributed by atoms with Crippen LogP contribution in [-0.4, -0.2) is 98.1 Å². The molecule has 1 amide bonds. The minimum Gasteiger partial charge on any atom is -0.447 e. The molecule has 0 aliphatic carbocycles. The molecule has 0 saturated carbocycles. The molecule has 1 unspecified atom stereocenters. The zero-order valence-electron chi connectivity index (χ0n) is 17.2. The Kier molecular flexibility index (Phi) is 6.13. The van der Waals surface area contributed by atoms with Gasteiger partial charge >= 0.3 is 6.09 Å². The summed E-state index contributed by atoms with van der Waals surface area (Å²) in [6, 6.07) is 5.00. The second kappa shape index (κ2) is 8.85. The lowest BCUT2D eigenvalue weighted by atomic mass is 9.92. The first kappa shape index (κ1) is 22.2. The molecule has 2 aromatic heterocycles. The SMILES string of the molecule is N#C[C@@]1(c2ccc3c(N)ncnn23)O[C@H](COC(=O)NCCN2CCC(O)C2)[C@@H](O)[C@H]1O. The monoisotopic (exact) mass is 447 g/mol. The molecule has 172 valence electrons. The molecule has 0 bridgehead atoms. The molecule has 13 heteroatoms. The van der Waals surface area contributed by atoms with Crippen LogP contribution in [0.25, 0.3) is 5.52 Å². The molecule has 5 atom stereocenters. The third kappa shape index (κ3) is 3.94. The van der Waals surface area contributed by atoms with Crippen LogP contribution >= 0.6 is 0 Å². The summed E-state index contributed by atoms with van der Waals surface area (Å²) in [5.41, 5.74) is 4.44. The molecule has 2 aliphatic rings. The van der Waals surface area contributed by atoms with Crippen LogP contribution in [0.15, 0.2) is 18.5 Å². The first-order chi connectivity index (χ1) is 15.4. The van der Waals surface area contributed by atoms with E-state index in [1.54, 1.807) is 6.07 Å². The molecule has 13 nitrogen and oxygen atoms in total. The van der Waals surface area contributed by atoms with Gasteiger partial charge in [-0.2, -0.15) is 10.4 Å². The molecular formula is C19H25N7O6. The van der Waals surface area contributed by atoms with Crippen molar-refractivity contribution in [3.8, 4) is 6.07 Å². The maximum absolute atomic E-state index is 12.0. The number of hydrogen-bond acceptors (Lipinski definition) is 11. The summed E-state index contributed by atoms with van der Waals surface area (Å²) in [6.07, 6.45) is -3.41. The van der Waals surface area contributed by atoms with Crippen LogP contribution in [0.2, 0.25) is 0 Å². The summed E-state index contributed by atoms with van der Waals surface area (Å²) in [7, 11) is 0. The molecule has 0 aromatic carbocycles. The lowest BCUT2D eigenvalue weighted by Gasteiger charge is -2.24. The van der Waals surface area contributed by atoms with Crippen molar-refractivity contribution in [2.75, 3.05) is 38.5 Å². The fourth-order valence-corrected chi connectivity index (χ4v) is 4.09. The fraction of sp³-hybridized carbons (Fsp3) is 0.579. The van der Waals surface area contributed by atoms with Gasteiger partial charge in [-0.05, 0) is 18.6 Å². The van der Waals surface area contributed by atoms with Gasteiger partial charge in [0.1, 0.15) is 42.8 Å². The highest BCUT2D eigenvalue weighted by atomic mass is 16.6. The van der Waals surface area contributed by atoms with Crippen molar-refractivity contribution in [2.24, 2.45) is 0 Å². The number of nitriles is 1. The maximum Gasteiger partial charge on any atom is 0.407 e. The minimum atomic E-state index is -1.95. The number of aliphatic hydroxyl groups is 3. The Labute approximate surface area is 183 Å². The van der Waals surface area contributed by atoms with E-state index in [0.29, 0.717) is 31.6 Å². The van der Waals surface area contributed by atoms with E-state index in [-0.39, 0.29) is 24.2 Å². The van der Waals surface area contributed by atoms with Gasteiger partial charge in [-0.1, -0.05) is 0 Å². The number of anilines is 1. The van der Waals surface area contributed by atoms with E-state index in [0.717, 1.165) is 6.54 Å². The Balaban J connectivity index is 1.38. The van der Waals surface area contributed by atoms with Crippen LogP contribution in [0.5, 0.6) is 0 Å². The number of aliphatic hydroxyl groups excluding tert-OH is 3. The number of amides is 1. The Morgan fingerprint density at radius 2 is 2.25 bits per heavy atom. The molecule has 2 saturated heterocycles. The van der Waals surface area contributed by atoms with Crippen molar-refractivity contribution in [3.05, 3.63) is 24.2 Å². The van der Waals surface area contributed by atoms with Crippen LogP contribution in [0.1, 0.15) is 12.1 Å². The third-order valence-corrected chi connectivity index (χ3v) is 5.81. The molecule has 4 rings (SSSR count). The van der Waals surface area contributed by atoms with Crippen LogP contribution < -0.4 is 11.1 Å². The Hall–Kier alpha value is -3.02. The summed E-state index contributed by atoms with van der Waals surface area (Å²) in [6.45, 7) is 1.84. The number of likely N-dealkylation sites (tertiary alicyclic amines) is 1. The van der Waals surface area contributed by atoms with Gasteiger partial charge in [0.2, 0.25) is 5.60 Å². The highest BCUT2D eigenvalue weighted by Crippen LogP contribution is 2.40. The molecule has 2 aliphatic heterocycles. The van der Waals surface area contributed by atoms with Gasteiger partial charge in [-0.15, -0.1) is 0 Å². The average molecular weight is 447 g/mol. The fourth-order valence-electron chi connectivity index (χ4n) is 4.09. The van der Waals surface area contributed by atoms with E-state index < -0.39 is 30.0 Å². The number of rotatable bonds is 6. The van der Waals surface area contributed by atoms with Gasteiger partial charge in [0, 0.05) is 26.2 Å².